The van der Waals surface area contributed by atoms with E-state index in [9.17, 15) is 0 Å². The monoisotopic (exact) mass is 847 g/mol. The molecule has 56 heavy (non-hydrogen) atoms. The van der Waals surface area contributed by atoms with Crippen molar-refractivity contribution in [3.8, 4) is 44.5 Å². The molecule has 0 aromatic heterocycles. The molecule has 0 aliphatic carbocycles. The number of hydrogen-bond donors (Lipinski definition) is 0. The first-order chi connectivity index (χ1) is 27.6. The molecule has 5 heteroatoms. The summed E-state index contributed by atoms with van der Waals surface area (Å²) in [6, 6.07) is 72.5. The summed E-state index contributed by atoms with van der Waals surface area (Å²) in [4.78, 5) is 13.5. The first kappa shape index (κ1) is 35.6. The SMILES string of the molecule is Brc1ccc(C2N=C(c3cc(-c4ccccc4)cc(-c4ccccc4)c3)N=C(c3cc(-c4ccccc4)cc(-c4ccccc4)c3)N2c2ccccc2Br)cc1. The average molecular weight is 850 g/mol. The van der Waals surface area contributed by atoms with E-state index in [1.165, 1.54) is 0 Å². The predicted octanol–water partition coefficient (Wildman–Crippen LogP) is 14.3. The van der Waals surface area contributed by atoms with E-state index in [1.54, 1.807) is 0 Å². The zero-order chi connectivity index (χ0) is 37.8. The highest BCUT2D eigenvalue weighted by molar-refractivity contribution is 9.10. The van der Waals surface area contributed by atoms with Gasteiger partial charge in [-0.15, -0.1) is 0 Å². The second kappa shape index (κ2) is 15.9. The summed E-state index contributed by atoms with van der Waals surface area (Å²) in [5.74, 6) is 1.47. The number of nitrogens with zero attached hydrogens (tertiary/aromatic N) is 3. The van der Waals surface area contributed by atoms with Gasteiger partial charge in [0, 0.05) is 20.1 Å². The Balaban J connectivity index is 1.33. The van der Waals surface area contributed by atoms with Crippen LogP contribution in [0.1, 0.15) is 22.9 Å². The summed E-state index contributed by atoms with van der Waals surface area (Å²) in [5.41, 5.74) is 12.9. The molecule has 3 nitrogen and oxygen atoms in total. The molecule has 1 heterocycles. The van der Waals surface area contributed by atoms with Gasteiger partial charge in [0.2, 0.25) is 0 Å². The molecule has 0 saturated carbocycles. The summed E-state index contributed by atoms with van der Waals surface area (Å²) in [7, 11) is 0. The van der Waals surface area contributed by atoms with Gasteiger partial charge in [0.15, 0.2) is 12.0 Å². The molecule has 0 spiro atoms. The van der Waals surface area contributed by atoms with Crippen LogP contribution in [-0.2, 0) is 0 Å². The van der Waals surface area contributed by atoms with Gasteiger partial charge in [-0.3, -0.25) is 4.90 Å². The van der Waals surface area contributed by atoms with Crippen molar-refractivity contribution in [1.82, 2.24) is 0 Å². The fourth-order valence-electron chi connectivity index (χ4n) is 7.27. The molecule has 0 bridgehead atoms. The van der Waals surface area contributed by atoms with Crippen LogP contribution in [0.25, 0.3) is 44.5 Å². The van der Waals surface area contributed by atoms with Gasteiger partial charge < -0.3 is 0 Å². The molecule has 1 aliphatic heterocycles. The van der Waals surface area contributed by atoms with Crippen LogP contribution in [0.15, 0.2) is 225 Å². The molecule has 1 unspecified atom stereocenters. The molecule has 0 saturated heterocycles. The average Bonchev–Trinajstić information content (AvgIpc) is 3.27. The largest absolute Gasteiger partial charge is 0.298 e. The summed E-state index contributed by atoms with van der Waals surface area (Å²) in [6.45, 7) is 0. The molecular weight excluding hydrogens is 814 g/mol. The molecule has 8 aromatic carbocycles. The minimum atomic E-state index is -0.439. The van der Waals surface area contributed by atoms with E-state index in [0.717, 1.165) is 81.7 Å². The lowest BCUT2D eigenvalue weighted by Crippen LogP contribution is -2.39. The topological polar surface area (TPSA) is 28.0 Å². The zero-order valence-electron chi connectivity index (χ0n) is 30.3. The van der Waals surface area contributed by atoms with Crippen molar-refractivity contribution in [2.75, 3.05) is 4.90 Å². The minimum absolute atomic E-state index is 0.439. The Bertz CT molecular complexity index is 2580. The van der Waals surface area contributed by atoms with Crippen molar-refractivity contribution in [1.29, 1.82) is 0 Å². The molecule has 268 valence electrons. The van der Waals surface area contributed by atoms with E-state index < -0.39 is 6.17 Å². The molecule has 0 radical (unpaired) electrons. The Morgan fingerprint density at radius 1 is 0.375 bits per heavy atom. The van der Waals surface area contributed by atoms with Crippen molar-refractivity contribution in [2.24, 2.45) is 9.98 Å². The van der Waals surface area contributed by atoms with Crippen LogP contribution in [0.2, 0.25) is 0 Å². The van der Waals surface area contributed by atoms with Gasteiger partial charge in [-0.25, -0.2) is 9.98 Å². The minimum Gasteiger partial charge on any atom is -0.298 e. The van der Waals surface area contributed by atoms with E-state index in [-0.39, 0.29) is 0 Å². The summed E-state index contributed by atoms with van der Waals surface area (Å²) in [5, 5.41) is 0. The van der Waals surface area contributed by atoms with Crippen molar-refractivity contribution < 1.29 is 0 Å². The van der Waals surface area contributed by atoms with Gasteiger partial charge in [0.1, 0.15) is 5.84 Å². The fourth-order valence-corrected chi connectivity index (χ4v) is 8.01. The van der Waals surface area contributed by atoms with Gasteiger partial charge in [-0.05, 0) is 127 Å². The molecule has 0 fully saturated rings. The first-order valence-corrected chi connectivity index (χ1v) is 20.1. The van der Waals surface area contributed by atoms with Crippen LogP contribution in [0.3, 0.4) is 0 Å². The molecule has 0 N–H and O–H groups in total. The summed E-state index contributed by atoms with van der Waals surface area (Å²) >= 11 is 7.60. The second-order valence-electron chi connectivity index (χ2n) is 13.7. The van der Waals surface area contributed by atoms with Gasteiger partial charge in [-0.1, -0.05) is 162 Å². The molecular formula is C51H35Br2N3. The van der Waals surface area contributed by atoms with Gasteiger partial charge in [0.25, 0.3) is 0 Å². The lowest BCUT2D eigenvalue weighted by molar-refractivity contribution is 0.742. The highest BCUT2D eigenvalue weighted by Gasteiger charge is 2.33. The van der Waals surface area contributed by atoms with Crippen LogP contribution in [-0.4, -0.2) is 11.7 Å². The Morgan fingerprint density at radius 2 is 0.768 bits per heavy atom. The normalized spacial score (nSPS) is 13.9. The lowest BCUT2D eigenvalue weighted by atomic mass is 9.94. The Labute approximate surface area is 344 Å². The van der Waals surface area contributed by atoms with E-state index in [4.69, 9.17) is 9.98 Å². The molecule has 0 amide bonds. The number of para-hydroxylation sites is 1. The Morgan fingerprint density at radius 3 is 1.21 bits per heavy atom. The number of anilines is 1. The Kier molecular flexibility index (Phi) is 10.1. The highest BCUT2D eigenvalue weighted by atomic mass is 79.9. The maximum atomic E-state index is 5.62. The summed E-state index contributed by atoms with van der Waals surface area (Å²) in [6.07, 6.45) is -0.439. The third kappa shape index (κ3) is 7.44. The first-order valence-electron chi connectivity index (χ1n) is 18.6. The lowest BCUT2D eigenvalue weighted by Gasteiger charge is -2.36. The van der Waals surface area contributed by atoms with Crippen LogP contribution in [0.5, 0.6) is 0 Å². The van der Waals surface area contributed by atoms with Gasteiger partial charge >= 0.3 is 0 Å². The van der Waals surface area contributed by atoms with Gasteiger partial charge in [-0.2, -0.15) is 0 Å². The van der Waals surface area contributed by atoms with Gasteiger partial charge in [0.05, 0.1) is 5.69 Å². The number of amidine groups is 2. The third-order valence-corrected chi connectivity index (χ3v) is 11.2. The highest BCUT2D eigenvalue weighted by Crippen LogP contribution is 2.40. The molecule has 1 aliphatic rings. The smallest absolute Gasteiger partial charge is 0.159 e. The van der Waals surface area contributed by atoms with Crippen molar-refractivity contribution >= 4 is 49.2 Å². The van der Waals surface area contributed by atoms with Crippen LogP contribution in [0, 0.1) is 0 Å². The standard InChI is InChI=1S/C51H35Br2N3/c52-46-27-25-39(26-28-46)50-54-49(44-31-40(35-15-5-1-6-16-35)29-41(32-44)36-17-7-2-8-18-36)55-51(56(50)48-24-14-13-23-47(48)53)45-33-42(37-19-9-3-10-20-37)30-43(34-45)38-21-11-4-12-22-38/h1-34,50H. The quantitative estimate of drug-likeness (QED) is 0.150. The number of benzene rings is 8. The van der Waals surface area contributed by atoms with E-state index in [0.29, 0.717) is 5.84 Å². The molecule has 9 rings (SSSR count). The van der Waals surface area contributed by atoms with Crippen molar-refractivity contribution in [2.45, 2.75) is 6.17 Å². The van der Waals surface area contributed by atoms with E-state index in [2.05, 4.69) is 237 Å². The van der Waals surface area contributed by atoms with E-state index in [1.807, 2.05) is 6.07 Å². The fraction of sp³-hybridized carbons (Fsp3) is 0.0196. The van der Waals surface area contributed by atoms with Crippen molar-refractivity contribution in [3.05, 3.63) is 232 Å². The third-order valence-electron chi connectivity index (χ3n) is 10.0. The van der Waals surface area contributed by atoms with E-state index >= 15 is 0 Å². The number of rotatable bonds is 8. The maximum absolute atomic E-state index is 5.62. The maximum Gasteiger partial charge on any atom is 0.159 e. The second-order valence-corrected chi connectivity index (χ2v) is 15.5. The van der Waals surface area contributed by atoms with Crippen LogP contribution >= 0.6 is 31.9 Å². The predicted molar refractivity (Wildman–Crippen MR) is 241 cm³/mol. The van der Waals surface area contributed by atoms with Crippen LogP contribution in [0.4, 0.5) is 5.69 Å². The Hall–Kier alpha value is -6.14. The number of halogens is 2. The van der Waals surface area contributed by atoms with Crippen LogP contribution < -0.4 is 4.90 Å². The van der Waals surface area contributed by atoms with Crippen molar-refractivity contribution in [3.63, 3.8) is 0 Å². The molecule has 8 aromatic rings. The number of aliphatic imine (C=N–C) groups is 2. The molecule has 1 atom stereocenters. The number of hydrogen-bond acceptors (Lipinski definition) is 3. The summed E-state index contributed by atoms with van der Waals surface area (Å²) < 4.78 is 1.96. The zero-order valence-corrected chi connectivity index (χ0v) is 33.5.